The number of ether oxygens (including phenoxy) is 1. The minimum absolute atomic E-state index is 0.00390. The Hall–Kier alpha value is -2.30. The number of fused-ring (bicyclic) bond motifs is 1. The van der Waals surface area contributed by atoms with Crippen LogP contribution in [0.4, 0.5) is 0 Å². The van der Waals surface area contributed by atoms with Gasteiger partial charge in [0.2, 0.25) is 0 Å². The summed E-state index contributed by atoms with van der Waals surface area (Å²) in [5, 5.41) is 0.867. The maximum Gasteiger partial charge on any atom is 0.336 e. The first kappa shape index (κ1) is 14.6. The molecule has 1 aliphatic rings. The van der Waals surface area contributed by atoms with Gasteiger partial charge in [0.15, 0.2) is 6.61 Å². The van der Waals surface area contributed by atoms with E-state index in [0.29, 0.717) is 23.9 Å². The van der Waals surface area contributed by atoms with Crippen molar-refractivity contribution in [3.05, 3.63) is 40.2 Å². The molecule has 0 unspecified atom stereocenters. The molecule has 1 heterocycles. The van der Waals surface area contributed by atoms with Crippen LogP contribution in [0, 0.1) is 6.92 Å². The lowest BCUT2D eigenvalue weighted by atomic mass is 10.1. The largest absolute Gasteiger partial charge is 0.484 e. The molecule has 1 aromatic heterocycles. The van der Waals surface area contributed by atoms with Crippen molar-refractivity contribution in [2.75, 3.05) is 13.2 Å². The van der Waals surface area contributed by atoms with Gasteiger partial charge in [-0.15, -0.1) is 0 Å². The predicted molar refractivity (Wildman–Crippen MR) is 83.1 cm³/mol. The summed E-state index contributed by atoms with van der Waals surface area (Å²) in [6, 6.07) is 7.13. The topological polar surface area (TPSA) is 59.8 Å². The molecular weight excluding hydrogens is 282 g/mol. The number of aryl methyl sites for hydroxylation is 1. The number of carbonyl (C=O) groups excluding carboxylic acids is 1. The fourth-order valence-corrected chi connectivity index (χ4v) is 2.65. The van der Waals surface area contributed by atoms with E-state index >= 15 is 0 Å². The number of hydrogen-bond acceptors (Lipinski definition) is 4. The summed E-state index contributed by atoms with van der Waals surface area (Å²) in [4.78, 5) is 25.4. The van der Waals surface area contributed by atoms with Crippen molar-refractivity contribution in [1.82, 2.24) is 4.90 Å². The standard InChI is InChI=1S/C17H19NO4/c1-3-18(12-4-5-12)16(19)10-21-13-6-7-14-11(2)8-17(20)22-15(14)9-13/h6-9,12H,3-5,10H2,1-2H3. The number of nitrogens with zero attached hydrogens (tertiary/aromatic N) is 1. The Bertz CT molecular complexity index is 761. The van der Waals surface area contributed by atoms with Crippen LogP contribution in [0.3, 0.4) is 0 Å². The summed E-state index contributed by atoms with van der Waals surface area (Å²) in [6.45, 7) is 4.55. The maximum atomic E-state index is 12.1. The van der Waals surface area contributed by atoms with Crippen LogP contribution in [0.15, 0.2) is 33.5 Å². The Labute approximate surface area is 128 Å². The van der Waals surface area contributed by atoms with Gasteiger partial charge in [0.1, 0.15) is 11.3 Å². The molecule has 1 fully saturated rings. The molecule has 0 atom stereocenters. The molecule has 1 amide bonds. The number of carbonyl (C=O) groups is 1. The number of likely N-dealkylation sites (N-methyl/N-ethyl adjacent to an activating group) is 1. The number of rotatable bonds is 5. The van der Waals surface area contributed by atoms with Crippen molar-refractivity contribution in [3.8, 4) is 5.75 Å². The zero-order valence-corrected chi connectivity index (χ0v) is 12.8. The quantitative estimate of drug-likeness (QED) is 0.796. The second kappa shape index (κ2) is 5.83. The molecule has 116 valence electrons. The van der Waals surface area contributed by atoms with Gasteiger partial charge in [-0.1, -0.05) is 0 Å². The molecule has 0 saturated heterocycles. The van der Waals surface area contributed by atoms with Gasteiger partial charge in [0.25, 0.3) is 5.91 Å². The Morgan fingerprint density at radius 1 is 1.36 bits per heavy atom. The fraction of sp³-hybridized carbons (Fsp3) is 0.412. The Morgan fingerprint density at radius 3 is 2.82 bits per heavy atom. The molecule has 5 heteroatoms. The molecule has 22 heavy (non-hydrogen) atoms. The third-order valence-electron chi connectivity index (χ3n) is 3.93. The molecule has 1 saturated carbocycles. The molecule has 5 nitrogen and oxygen atoms in total. The molecule has 0 bridgehead atoms. The van der Waals surface area contributed by atoms with Crippen LogP contribution in [-0.2, 0) is 4.79 Å². The Kier molecular flexibility index (Phi) is 3.88. The molecular formula is C17H19NO4. The highest BCUT2D eigenvalue weighted by Crippen LogP contribution is 2.27. The van der Waals surface area contributed by atoms with E-state index in [1.807, 2.05) is 24.8 Å². The summed E-state index contributed by atoms with van der Waals surface area (Å²) in [5.74, 6) is 0.525. The van der Waals surface area contributed by atoms with E-state index in [0.717, 1.165) is 23.8 Å². The van der Waals surface area contributed by atoms with Crippen LogP contribution < -0.4 is 10.4 Å². The monoisotopic (exact) mass is 301 g/mol. The summed E-state index contributed by atoms with van der Waals surface area (Å²) in [5.41, 5.74) is 0.952. The second-order valence-corrected chi connectivity index (χ2v) is 5.61. The van der Waals surface area contributed by atoms with Crippen molar-refractivity contribution in [3.63, 3.8) is 0 Å². The highest BCUT2D eigenvalue weighted by atomic mass is 16.5. The summed E-state index contributed by atoms with van der Waals surface area (Å²) in [7, 11) is 0. The fourth-order valence-electron chi connectivity index (χ4n) is 2.65. The van der Waals surface area contributed by atoms with Crippen molar-refractivity contribution in [1.29, 1.82) is 0 Å². The average Bonchev–Trinajstić information content (AvgIpc) is 3.30. The van der Waals surface area contributed by atoms with Gasteiger partial charge >= 0.3 is 5.63 Å². The molecule has 3 rings (SSSR count). The van der Waals surface area contributed by atoms with Gasteiger partial charge in [0, 0.05) is 30.1 Å². The van der Waals surface area contributed by atoms with Gasteiger partial charge < -0.3 is 14.1 Å². The Balaban J connectivity index is 1.74. The molecule has 2 aromatic rings. The zero-order chi connectivity index (χ0) is 15.7. The molecule has 1 aliphatic carbocycles. The highest BCUT2D eigenvalue weighted by Gasteiger charge is 2.31. The lowest BCUT2D eigenvalue weighted by Crippen LogP contribution is -2.36. The van der Waals surface area contributed by atoms with E-state index < -0.39 is 0 Å². The first-order valence-corrected chi connectivity index (χ1v) is 7.55. The lowest BCUT2D eigenvalue weighted by molar-refractivity contribution is -0.133. The van der Waals surface area contributed by atoms with Gasteiger partial charge in [-0.25, -0.2) is 4.79 Å². The van der Waals surface area contributed by atoms with Crippen LogP contribution in [-0.4, -0.2) is 30.0 Å². The smallest absolute Gasteiger partial charge is 0.336 e. The van der Waals surface area contributed by atoms with Crippen molar-refractivity contribution < 1.29 is 13.9 Å². The van der Waals surface area contributed by atoms with Crippen molar-refractivity contribution in [2.45, 2.75) is 32.7 Å². The van der Waals surface area contributed by atoms with Crippen LogP contribution in [0.5, 0.6) is 5.75 Å². The van der Waals surface area contributed by atoms with E-state index in [2.05, 4.69) is 0 Å². The third-order valence-corrected chi connectivity index (χ3v) is 3.93. The summed E-state index contributed by atoms with van der Waals surface area (Å²) in [6.07, 6.45) is 2.17. The molecule has 0 radical (unpaired) electrons. The minimum Gasteiger partial charge on any atom is -0.484 e. The maximum absolute atomic E-state index is 12.1. The van der Waals surface area contributed by atoms with Gasteiger partial charge in [-0.2, -0.15) is 0 Å². The van der Waals surface area contributed by atoms with Crippen LogP contribution >= 0.6 is 0 Å². The summed E-state index contributed by atoms with van der Waals surface area (Å²) < 4.78 is 10.7. The second-order valence-electron chi connectivity index (χ2n) is 5.61. The highest BCUT2D eigenvalue weighted by molar-refractivity contribution is 5.82. The SMILES string of the molecule is CCN(C(=O)COc1ccc2c(C)cc(=O)oc2c1)C1CC1. The number of hydrogen-bond donors (Lipinski definition) is 0. The van der Waals surface area contributed by atoms with Gasteiger partial charge in [0.05, 0.1) is 0 Å². The minimum atomic E-state index is -0.385. The van der Waals surface area contributed by atoms with Gasteiger partial charge in [-0.3, -0.25) is 4.79 Å². The first-order chi connectivity index (χ1) is 10.6. The van der Waals surface area contributed by atoms with Crippen LogP contribution in [0.1, 0.15) is 25.3 Å². The molecule has 0 spiro atoms. The third kappa shape index (κ3) is 2.98. The molecule has 1 aromatic carbocycles. The first-order valence-electron chi connectivity index (χ1n) is 7.55. The average molecular weight is 301 g/mol. The predicted octanol–water partition coefficient (Wildman–Crippen LogP) is 2.49. The van der Waals surface area contributed by atoms with Crippen LogP contribution in [0.2, 0.25) is 0 Å². The molecule has 0 N–H and O–H groups in total. The molecule has 0 aliphatic heterocycles. The van der Waals surface area contributed by atoms with E-state index in [-0.39, 0.29) is 18.1 Å². The zero-order valence-electron chi connectivity index (χ0n) is 12.8. The normalized spacial score (nSPS) is 14.1. The van der Waals surface area contributed by atoms with Crippen molar-refractivity contribution in [2.24, 2.45) is 0 Å². The van der Waals surface area contributed by atoms with Crippen molar-refractivity contribution >= 4 is 16.9 Å². The number of amides is 1. The lowest BCUT2D eigenvalue weighted by Gasteiger charge is -2.20. The van der Waals surface area contributed by atoms with E-state index in [9.17, 15) is 9.59 Å². The van der Waals surface area contributed by atoms with Crippen LogP contribution in [0.25, 0.3) is 11.0 Å². The van der Waals surface area contributed by atoms with E-state index in [1.54, 1.807) is 12.1 Å². The summed E-state index contributed by atoms with van der Waals surface area (Å²) >= 11 is 0. The van der Waals surface area contributed by atoms with Gasteiger partial charge in [-0.05, 0) is 44.4 Å². The van der Waals surface area contributed by atoms with E-state index in [4.69, 9.17) is 9.15 Å². The Morgan fingerprint density at radius 2 is 2.14 bits per heavy atom. The van der Waals surface area contributed by atoms with E-state index in [1.165, 1.54) is 6.07 Å². The number of benzene rings is 1.